The maximum atomic E-state index is 9.34. The third kappa shape index (κ3) is 2.41. The van der Waals surface area contributed by atoms with Crippen LogP contribution in [0.15, 0.2) is 23.8 Å². The Balaban J connectivity index is 1.67. The number of ether oxygens (including phenoxy) is 2. The Hall–Kier alpha value is -1.66. The molecule has 1 spiro atoms. The average Bonchev–Trinajstić information content (AvgIpc) is 3.10. The second-order valence-corrected chi connectivity index (χ2v) is 4.91. The molecule has 19 heavy (non-hydrogen) atoms. The molecular weight excluding hydrogens is 246 g/mol. The Morgan fingerprint density at radius 1 is 1.58 bits per heavy atom. The van der Waals surface area contributed by atoms with Crippen molar-refractivity contribution in [2.75, 3.05) is 13.2 Å². The van der Waals surface area contributed by atoms with Crippen molar-refractivity contribution in [1.29, 1.82) is 0 Å². The summed E-state index contributed by atoms with van der Waals surface area (Å²) in [6.07, 6.45) is 6.21. The highest BCUT2D eigenvalue weighted by atomic mass is 16.7. The van der Waals surface area contributed by atoms with Crippen LogP contribution in [0.1, 0.15) is 19.3 Å². The van der Waals surface area contributed by atoms with E-state index in [2.05, 4.69) is 16.7 Å². The van der Waals surface area contributed by atoms with Gasteiger partial charge in [-0.05, 0) is 18.9 Å². The maximum absolute atomic E-state index is 9.34. The molecule has 3 rings (SSSR count). The number of hydrogen-bond donors (Lipinski definition) is 1. The van der Waals surface area contributed by atoms with Gasteiger partial charge < -0.3 is 14.6 Å². The summed E-state index contributed by atoms with van der Waals surface area (Å²) in [5.41, 5.74) is 0. The van der Waals surface area contributed by atoms with Crippen LogP contribution in [0.4, 0.5) is 5.82 Å². The summed E-state index contributed by atoms with van der Waals surface area (Å²) in [5.74, 6) is 0.384. The minimum absolute atomic E-state index is 0.137. The second-order valence-electron chi connectivity index (χ2n) is 4.91. The number of aliphatic hydroxyl groups is 1. The lowest BCUT2D eigenvalue weighted by molar-refractivity contribution is -0.151. The zero-order chi connectivity index (χ0) is 13.3. The van der Waals surface area contributed by atoms with Crippen LogP contribution in [0.2, 0.25) is 0 Å². The standard InChI is InChI=1S/C13H17N3O3/c1-10(17)16-12(3-5-15-16)14-9-11-2-4-13(8-11)18-6-7-19-13/h3,5,9,11,17H,1-2,4,6-8H2/b14-9+. The molecule has 1 aliphatic heterocycles. The molecule has 1 aliphatic carbocycles. The summed E-state index contributed by atoms with van der Waals surface area (Å²) < 4.78 is 12.6. The molecule has 102 valence electrons. The molecule has 0 amide bonds. The van der Waals surface area contributed by atoms with Crippen LogP contribution < -0.4 is 0 Å². The molecule has 1 unspecified atom stereocenters. The third-order valence-corrected chi connectivity index (χ3v) is 3.57. The lowest BCUT2D eigenvalue weighted by atomic mass is 10.1. The maximum Gasteiger partial charge on any atom is 0.206 e. The van der Waals surface area contributed by atoms with Gasteiger partial charge in [-0.3, -0.25) is 0 Å². The molecule has 1 atom stereocenters. The highest BCUT2D eigenvalue weighted by Gasteiger charge is 2.43. The zero-order valence-corrected chi connectivity index (χ0v) is 10.7. The fraction of sp³-hybridized carbons (Fsp3) is 0.538. The Kier molecular flexibility index (Phi) is 3.12. The van der Waals surface area contributed by atoms with Crippen LogP contribution in [0, 0.1) is 5.92 Å². The predicted molar refractivity (Wildman–Crippen MR) is 70.3 cm³/mol. The molecule has 1 aromatic heterocycles. The molecule has 6 heteroatoms. The number of aliphatic hydroxyl groups excluding tert-OH is 1. The van der Waals surface area contributed by atoms with E-state index < -0.39 is 0 Å². The van der Waals surface area contributed by atoms with Crippen molar-refractivity contribution in [3.8, 4) is 0 Å². The number of aromatic nitrogens is 2. The van der Waals surface area contributed by atoms with Crippen LogP contribution in [-0.2, 0) is 9.47 Å². The molecule has 2 aliphatic rings. The van der Waals surface area contributed by atoms with E-state index in [0.717, 1.165) is 19.3 Å². The van der Waals surface area contributed by atoms with E-state index in [4.69, 9.17) is 9.47 Å². The van der Waals surface area contributed by atoms with Crippen molar-refractivity contribution in [3.05, 3.63) is 18.8 Å². The van der Waals surface area contributed by atoms with Gasteiger partial charge >= 0.3 is 0 Å². The first-order valence-electron chi connectivity index (χ1n) is 6.43. The van der Waals surface area contributed by atoms with Gasteiger partial charge in [-0.2, -0.15) is 9.78 Å². The largest absolute Gasteiger partial charge is 0.494 e. The van der Waals surface area contributed by atoms with Crippen molar-refractivity contribution < 1.29 is 14.6 Å². The van der Waals surface area contributed by atoms with E-state index >= 15 is 0 Å². The quantitative estimate of drug-likeness (QED) is 0.670. The van der Waals surface area contributed by atoms with Crippen molar-refractivity contribution in [3.63, 3.8) is 0 Å². The van der Waals surface area contributed by atoms with Gasteiger partial charge in [0.15, 0.2) is 11.6 Å². The van der Waals surface area contributed by atoms with Crippen LogP contribution >= 0.6 is 0 Å². The van der Waals surface area contributed by atoms with E-state index in [1.165, 1.54) is 4.68 Å². The first-order chi connectivity index (χ1) is 9.19. The molecule has 0 radical (unpaired) electrons. The van der Waals surface area contributed by atoms with Crippen LogP contribution in [0.5, 0.6) is 0 Å². The average molecular weight is 263 g/mol. The number of hydrogen-bond acceptors (Lipinski definition) is 5. The molecule has 0 bridgehead atoms. The Bertz CT molecular complexity index is 503. The van der Waals surface area contributed by atoms with Gasteiger partial charge in [0.1, 0.15) is 0 Å². The Morgan fingerprint density at radius 3 is 3.11 bits per heavy atom. The van der Waals surface area contributed by atoms with Gasteiger partial charge in [0.25, 0.3) is 0 Å². The molecule has 1 saturated heterocycles. The van der Waals surface area contributed by atoms with Gasteiger partial charge in [-0.25, -0.2) is 4.99 Å². The summed E-state index contributed by atoms with van der Waals surface area (Å²) >= 11 is 0. The van der Waals surface area contributed by atoms with Crippen molar-refractivity contribution in [2.45, 2.75) is 25.0 Å². The Labute approximate surface area is 111 Å². The monoisotopic (exact) mass is 263 g/mol. The van der Waals surface area contributed by atoms with E-state index in [1.54, 1.807) is 12.3 Å². The summed E-state index contributed by atoms with van der Waals surface area (Å²) in [6, 6.07) is 1.73. The lowest BCUT2D eigenvalue weighted by Crippen LogP contribution is -2.26. The van der Waals surface area contributed by atoms with Crippen molar-refractivity contribution in [1.82, 2.24) is 9.78 Å². The van der Waals surface area contributed by atoms with E-state index in [-0.39, 0.29) is 11.7 Å². The van der Waals surface area contributed by atoms with Crippen molar-refractivity contribution in [2.24, 2.45) is 10.9 Å². The number of nitrogens with zero attached hydrogens (tertiary/aromatic N) is 3. The minimum atomic E-state index is -0.377. The fourth-order valence-corrected chi connectivity index (χ4v) is 2.67. The summed E-state index contributed by atoms with van der Waals surface area (Å²) in [4.78, 5) is 4.37. The molecule has 2 heterocycles. The SMILES string of the molecule is C=C(O)n1nccc1/N=C/C1CCC2(C1)OCCO2. The smallest absolute Gasteiger partial charge is 0.206 e. The van der Waals surface area contributed by atoms with Gasteiger partial charge in [0, 0.05) is 25.1 Å². The van der Waals surface area contributed by atoms with E-state index in [0.29, 0.717) is 24.9 Å². The lowest BCUT2D eigenvalue weighted by Gasteiger charge is -2.20. The van der Waals surface area contributed by atoms with Gasteiger partial charge in [-0.15, -0.1) is 0 Å². The van der Waals surface area contributed by atoms with Gasteiger partial charge in [-0.1, -0.05) is 0 Å². The molecule has 2 fully saturated rings. The molecule has 1 saturated carbocycles. The highest BCUT2D eigenvalue weighted by molar-refractivity contribution is 5.66. The third-order valence-electron chi connectivity index (χ3n) is 3.57. The minimum Gasteiger partial charge on any atom is -0.494 e. The highest BCUT2D eigenvalue weighted by Crippen LogP contribution is 2.40. The van der Waals surface area contributed by atoms with Crippen molar-refractivity contribution >= 4 is 17.9 Å². The topological polar surface area (TPSA) is 68.9 Å². The zero-order valence-electron chi connectivity index (χ0n) is 10.7. The van der Waals surface area contributed by atoms with E-state index in [1.807, 2.05) is 6.21 Å². The second kappa shape index (κ2) is 4.79. The van der Waals surface area contributed by atoms with Crippen LogP contribution in [-0.4, -0.2) is 40.1 Å². The molecule has 1 N–H and O–H groups in total. The summed E-state index contributed by atoms with van der Waals surface area (Å²) in [6.45, 7) is 4.80. The summed E-state index contributed by atoms with van der Waals surface area (Å²) in [5, 5.41) is 13.3. The first kappa shape index (κ1) is 12.4. The number of rotatable bonds is 3. The molecular formula is C13H17N3O3. The molecule has 6 nitrogen and oxygen atoms in total. The normalized spacial score (nSPS) is 25.6. The van der Waals surface area contributed by atoms with Crippen LogP contribution in [0.25, 0.3) is 5.88 Å². The number of aliphatic imine (C=N–C) groups is 1. The first-order valence-corrected chi connectivity index (χ1v) is 6.43. The fourth-order valence-electron chi connectivity index (χ4n) is 2.67. The molecule has 1 aromatic rings. The van der Waals surface area contributed by atoms with Crippen LogP contribution in [0.3, 0.4) is 0 Å². The Morgan fingerprint density at radius 2 is 2.37 bits per heavy atom. The predicted octanol–water partition coefficient (Wildman–Crippen LogP) is 2.11. The van der Waals surface area contributed by atoms with E-state index in [9.17, 15) is 5.11 Å². The summed E-state index contributed by atoms with van der Waals surface area (Å²) in [7, 11) is 0. The van der Waals surface area contributed by atoms with Gasteiger partial charge in [0.2, 0.25) is 5.88 Å². The molecule has 0 aromatic carbocycles. The van der Waals surface area contributed by atoms with Gasteiger partial charge in [0.05, 0.1) is 19.4 Å².